The van der Waals surface area contributed by atoms with Gasteiger partial charge in [0.25, 0.3) is 5.91 Å². The maximum Gasteiger partial charge on any atom is 0.255 e. The van der Waals surface area contributed by atoms with Crippen molar-refractivity contribution in [2.75, 3.05) is 11.5 Å². The Labute approximate surface area is 107 Å². The SMILES string of the molecule is O=C(NC1CCS(=O)CC1)c1cccc(O)c1O. The van der Waals surface area contributed by atoms with E-state index in [9.17, 15) is 19.2 Å². The summed E-state index contributed by atoms with van der Waals surface area (Å²) in [6.07, 6.45) is 1.36. The molecule has 1 aromatic carbocycles. The quantitative estimate of drug-likeness (QED) is 0.691. The number of carbonyl (C=O) groups is 1. The molecule has 0 bridgehead atoms. The number of carbonyl (C=O) groups excluding carboxylic acids is 1. The zero-order chi connectivity index (χ0) is 13.1. The molecule has 98 valence electrons. The van der Waals surface area contributed by atoms with E-state index >= 15 is 0 Å². The predicted molar refractivity (Wildman–Crippen MR) is 68.1 cm³/mol. The van der Waals surface area contributed by atoms with Crippen LogP contribution >= 0.6 is 0 Å². The summed E-state index contributed by atoms with van der Waals surface area (Å²) in [6, 6.07) is 4.25. The Morgan fingerprint density at radius 2 is 1.94 bits per heavy atom. The first kappa shape index (κ1) is 12.9. The van der Waals surface area contributed by atoms with Crippen LogP contribution in [0.1, 0.15) is 23.2 Å². The average Bonchev–Trinajstić information content (AvgIpc) is 2.35. The van der Waals surface area contributed by atoms with Crippen LogP contribution in [-0.4, -0.2) is 37.9 Å². The van der Waals surface area contributed by atoms with E-state index in [0.717, 1.165) is 0 Å². The summed E-state index contributed by atoms with van der Waals surface area (Å²) in [5.41, 5.74) is 0.0571. The van der Waals surface area contributed by atoms with Gasteiger partial charge in [-0.1, -0.05) is 6.07 Å². The van der Waals surface area contributed by atoms with E-state index in [1.807, 2.05) is 0 Å². The van der Waals surface area contributed by atoms with E-state index in [2.05, 4.69) is 5.32 Å². The third-order valence-corrected chi connectivity index (χ3v) is 4.36. The van der Waals surface area contributed by atoms with Gasteiger partial charge in [-0.05, 0) is 25.0 Å². The van der Waals surface area contributed by atoms with Crippen molar-refractivity contribution >= 4 is 16.7 Å². The molecular weight excluding hydrogens is 254 g/mol. The predicted octanol–water partition coefficient (Wildman–Crippen LogP) is 0.739. The second-order valence-corrected chi connectivity index (χ2v) is 5.97. The number of phenolic OH excluding ortho intramolecular Hbond substituents is 2. The molecule has 0 radical (unpaired) electrons. The summed E-state index contributed by atoms with van der Waals surface area (Å²) in [5.74, 6) is 0.0522. The number of aromatic hydroxyl groups is 2. The van der Waals surface area contributed by atoms with Gasteiger partial charge in [0.15, 0.2) is 11.5 Å². The fourth-order valence-electron chi connectivity index (χ4n) is 1.92. The first-order valence-corrected chi connectivity index (χ1v) is 7.23. The van der Waals surface area contributed by atoms with Crippen LogP contribution in [0.5, 0.6) is 11.5 Å². The topological polar surface area (TPSA) is 86.6 Å². The van der Waals surface area contributed by atoms with E-state index < -0.39 is 22.5 Å². The maximum atomic E-state index is 11.9. The van der Waals surface area contributed by atoms with Crippen LogP contribution in [0.3, 0.4) is 0 Å². The lowest BCUT2D eigenvalue weighted by Crippen LogP contribution is -2.39. The minimum Gasteiger partial charge on any atom is -0.504 e. The summed E-state index contributed by atoms with van der Waals surface area (Å²) in [7, 11) is -0.769. The number of hydrogen-bond donors (Lipinski definition) is 3. The molecule has 0 unspecified atom stereocenters. The normalized spacial score (nSPS) is 23.6. The maximum absolute atomic E-state index is 11.9. The Kier molecular flexibility index (Phi) is 3.86. The van der Waals surface area contributed by atoms with Gasteiger partial charge < -0.3 is 15.5 Å². The van der Waals surface area contributed by atoms with E-state index in [1.165, 1.54) is 18.2 Å². The van der Waals surface area contributed by atoms with Gasteiger partial charge in [-0.2, -0.15) is 0 Å². The lowest BCUT2D eigenvalue weighted by Gasteiger charge is -2.22. The molecule has 1 fully saturated rings. The Balaban J connectivity index is 2.03. The number of rotatable bonds is 2. The molecule has 0 saturated carbocycles. The molecule has 0 atom stereocenters. The van der Waals surface area contributed by atoms with Crippen molar-refractivity contribution in [2.45, 2.75) is 18.9 Å². The van der Waals surface area contributed by atoms with Crippen LogP contribution in [0, 0.1) is 0 Å². The van der Waals surface area contributed by atoms with Gasteiger partial charge in [-0.15, -0.1) is 0 Å². The van der Waals surface area contributed by atoms with Crippen molar-refractivity contribution in [1.82, 2.24) is 5.32 Å². The van der Waals surface area contributed by atoms with Crippen LogP contribution in [0.15, 0.2) is 18.2 Å². The van der Waals surface area contributed by atoms with Crippen LogP contribution in [0.25, 0.3) is 0 Å². The zero-order valence-corrected chi connectivity index (χ0v) is 10.6. The molecule has 3 N–H and O–H groups in total. The van der Waals surface area contributed by atoms with Gasteiger partial charge >= 0.3 is 0 Å². The summed E-state index contributed by atoms with van der Waals surface area (Å²) >= 11 is 0. The Morgan fingerprint density at radius 1 is 1.28 bits per heavy atom. The molecule has 0 aromatic heterocycles. The van der Waals surface area contributed by atoms with Crippen molar-refractivity contribution in [3.8, 4) is 11.5 Å². The van der Waals surface area contributed by atoms with Crippen molar-refractivity contribution in [1.29, 1.82) is 0 Å². The molecule has 6 heteroatoms. The van der Waals surface area contributed by atoms with Crippen molar-refractivity contribution in [2.24, 2.45) is 0 Å². The fourth-order valence-corrected chi connectivity index (χ4v) is 3.21. The minimum atomic E-state index is -0.769. The monoisotopic (exact) mass is 269 g/mol. The first-order valence-electron chi connectivity index (χ1n) is 5.74. The Bertz CT molecular complexity index is 479. The number of phenols is 2. The molecule has 1 aromatic rings. The smallest absolute Gasteiger partial charge is 0.255 e. The highest BCUT2D eigenvalue weighted by Gasteiger charge is 2.21. The second kappa shape index (κ2) is 5.39. The molecule has 5 nitrogen and oxygen atoms in total. The Hall–Kier alpha value is -1.56. The van der Waals surface area contributed by atoms with E-state index in [-0.39, 0.29) is 17.4 Å². The van der Waals surface area contributed by atoms with E-state index in [1.54, 1.807) is 0 Å². The van der Waals surface area contributed by atoms with E-state index in [0.29, 0.717) is 24.3 Å². The summed E-state index contributed by atoms with van der Waals surface area (Å²) in [4.78, 5) is 11.9. The van der Waals surface area contributed by atoms with Gasteiger partial charge in [-0.3, -0.25) is 9.00 Å². The van der Waals surface area contributed by atoms with Crippen molar-refractivity contribution in [3.05, 3.63) is 23.8 Å². The van der Waals surface area contributed by atoms with Crippen LogP contribution in [-0.2, 0) is 10.8 Å². The minimum absolute atomic E-state index is 0.0167. The molecule has 2 rings (SSSR count). The van der Waals surface area contributed by atoms with Crippen LogP contribution < -0.4 is 5.32 Å². The molecular formula is C12H15NO4S. The summed E-state index contributed by atoms with van der Waals surface area (Å²) in [5, 5.41) is 21.7. The third kappa shape index (κ3) is 2.81. The van der Waals surface area contributed by atoms with Gasteiger partial charge in [-0.25, -0.2) is 0 Å². The molecule has 1 aliphatic rings. The second-order valence-electron chi connectivity index (χ2n) is 4.27. The molecule has 1 aliphatic heterocycles. The molecule has 0 spiro atoms. The highest BCUT2D eigenvalue weighted by Crippen LogP contribution is 2.28. The first-order chi connectivity index (χ1) is 8.58. The molecule has 1 amide bonds. The van der Waals surface area contributed by atoms with Crippen molar-refractivity contribution < 1.29 is 19.2 Å². The largest absolute Gasteiger partial charge is 0.504 e. The standard InChI is InChI=1S/C12H15NO4S/c14-10-3-1-2-9(11(10)15)12(16)13-8-4-6-18(17)7-5-8/h1-3,8,14-15H,4-7H2,(H,13,16). The number of benzene rings is 1. The highest BCUT2D eigenvalue weighted by molar-refractivity contribution is 7.85. The van der Waals surface area contributed by atoms with E-state index in [4.69, 9.17) is 0 Å². The van der Waals surface area contributed by atoms with Gasteiger partial charge in [0.1, 0.15) is 0 Å². The molecule has 18 heavy (non-hydrogen) atoms. The zero-order valence-electron chi connectivity index (χ0n) is 9.76. The fraction of sp³-hybridized carbons (Fsp3) is 0.417. The summed E-state index contributed by atoms with van der Waals surface area (Å²) < 4.78 is 11.2. The number of amides is 1. The molecule has 0 aliphatic carbocycles. The van der Waals surface area contributed by atoms with Gasteiger partial charge in [0.05, 0.1) is 5.56 Å². The van der Waals surface area contributed by atoms with Crippen molar-refractivity contribution in [3.63, 3.8) is 0 Å². The van der Waals surface area contributed by atoms with Gasteiger partial charge in [0, 0.05) is 28.3 Å². The number of hydrogen-bond acceptors (Lipinski definition) is 4. The molecule has 1 saturated heterocycles. The lowest BCUT2D eigenvalue weighted by molar-refractivity contribution is 0.0931. The number of para-hydroxylation sites is 1. The highest BCUT2D eigenvalue weighted by atomic mass is 32.2. The van der Waals surface area contributed by atoms with Crippen LogP contribution in [0.4, 0.5) is 0 Å². The van der Waals surface area contributed by atoms with Gasteiger partial charge in [0.2, 0.25) is 0 Å². The average molecular weight is 269 g/mol. The summed E-state index contributed by atoms with van der Waals surface area (Å²) in [6.45, 7) is 0. The number of nitrogens with one attached hydrogen (secondary N) is 1. The third-order valence-electron chi connectivity index (χ3n) is 2.98. The lowest BCUT2D eigenvalue weighted by atomic mass is 10.1. The van der Waals surface area contributed by atoms with Crippen LogP contribution in [0.2, 0.25) is 0 Å². The molecule has 1 heterocycles. The Morgan fingerprint density at radius 3 is 2.61 bits per heavy atom.